The summed E-state index contributed by atoms with van der Waals surface area (Å²) in [7, 11) is 0. The van der Waals surface area contributed by atoms with Crippen LogP contribution >= 0.6 is 0 Å². The van der Waals surface area contributed by atoms with Crippen molar-refractivity contribution in [2.45, 2.75) is 44.6 Å². The molecule has 1 fully saturated rings. The summed E-state index contributed by atoms with van der Waals surface area (Å²) in [6, 6.07) is 7.36. The van der Waals surface area contributed by atoms with Crippen molar-refractivity contribution in [2.75, 3.05) is 0 Å². The molecule has 0 atom stereocenters. The molecule has 1 aromatic rings. The first-order valence-corrected chi connectivity index (χ1v) is 5.96. The van der Waals surface area contributed by atoms with Crippen LogP contribution in [0.5, 0.6) is 5.75 Å². The van der Waals surface area contributed by atoms with Gasteiger partial charge in [0.25, 0.3) is 0 Å². The molecule has 0 heterocycles. The van der Waals surface area contributed by atoms with Gasteiger partial charge in [0.15, 0.2) is 0 Å². The highest BCUT2D eigenvalue weighted by molar-refractivity contribution is 5.74. The molecule has 2 nitrogen and oxygen atoms in total. The van der Waals surface area contributed by atoms with E-state index >= 15 is 0 Å². The van der Waals surface area contributed by atoms with E-state index in [4.69, 9.17) is 4.74 Å². The molecule has 0 amide bonds. The van der Waals surface area contributed by atoms with Crippen molar-refractivity contribution >= 4 is 6.29 Å². The van der Waals surface area contributed by atoms with E-state index in [2.05, 4.69) is 6.92 Å². The second-order valence-corrected chi connectivity index (χ2v) is 4.80. The molecule has 0 N–H and O–H groups in total. The van der Waals surface area contributed by atoms with Crippen LogP contribution in [-0.4, -0.2) is 11.9 Å². The van der Waals surface area contributed by atoms with E-state index in [-0.39, 0.29) is 5.60 Å². The number of carbonyl (C=O) groups excluding carboxylic acids is 1. The molecule has 86 valence electrons. The summed E-state index contributed by atoms with van der Waals surface area (Å²) in [6.07, 6.45) is 6.94. The molecule has 2 rings (SSSR count). The Hall–Kier alpha value is -1.31. The minimum atomic E-state index is -0.0130. The van der Waals surface area contributed by atoms with Gasteiger partial charge in [0.2, 0.25) is 0 Å². The van der Waals surface area contributed by atoms with Crippen molar-refractivity contribution in [1.29, 1.82) is 0 Å². The molecular weight excluding hydrogens is 200 g/mol. The molecule has 0 aromatic heterocycles. The lowest BCUT2D eigenvalue weighted by atomic mass is 9.86. The highest BCUT2D eigenvalue weighted by Gasteiger charge is 2.28. The number of rotatable bonds is 3. The van der Waals surface area contributed by atoms with Crippen LogP contribution in [0.4, 0.5) is 0 Å². The van der Waals surface area contributed by atoms with Crippen molar-refractivity contribution in [2.24, 2.45) is 0 Å². The van der Waals surface area contributed by atoms with Gasteiger partial charge in [0, 0.05) is 5.56 Å². The van der Waals surface area contributed by atoms with Crippen LogP contribution in [0.3, 0.4) is 0 Å². The first-order chi connectivity index (χ1) is 7.72. The standard InChI is InChI=1S/C14H18O2/c1-14(9-3-2-4-10-14)16-13-7-5-12(11-15)6-8-13/h5-8,11H,2-4,9-10H2,1H3. The maximum absolute atomic E-state index is 10.5. The molecule has 0 saturated heterocycles. The van der Waals surface area contributed by atoms with Crippen LogP contribution in [0.15, 0.2) is 24.3 Å². The van der Waals surface area contributed by atoms with Gasteiger partial charge in [0.05, 0.1) is 0 Å². The maximum atomic E-state index is 10.5. The fourth-order valence-electron chi connectivity index (χ4n) is 2.30. The lowest BCUT2D eigenvalue weighted by Crippen LogP contribution is -2.34. The molecule has 1 aliphatic rings. The number of hydrogen-bond acceptors (Lipinski definition) is 2. The third-order valence-electron chi connectivity index (χ3n) is 3.29. The molecule has 0 bridgehead atoms. The highest BCUT2D eigenvalue weighted by atomic mass is 16.5. The SMILES string of the molecule is CC1(Oc2ccc(C=O)cc2)CCCCC1. The third-order valence-corrected chi connectivity index (χ3v) is 3.29. The van der Waals surface area contributed by atoms with Crippen molar-refractivity contribution in [3.8, 4) is 5.75 Å². The Morgan fingerprint density at radius 2 is 1.75 bits per heavy atom. The summed E-state index contributed by atoms with van der Waals surface area (Å²) in [6.45, 7) is 2.18. The fourth-order valence-corrected chi connectivity index (χ4v) is 2.30. The Kier molecular flexibility index (Phi) is 3.28. The van der Waals surface area contributed by atoms with Gasteiger partial charge in [-0.05, 0) is 56.9 Å². The van der Waals surface area contributed by atoms with Gasteiger partial charge in [-0.2, -0.15) is 0 Å². The van der Waals surface area contributed by atoms with Crippen molar-refractivity contribution in [3.05, 3.63) is 29.8 Å². The normalized spacial score (nSPS) is 19.1. The van der Waals surface area contributed by atoms with Crippen LogP contribution in [-0.2, 0) is 0 Å². The van der Waals surface area contributed by atoms with Gasteiger partial charge < -0.3 is 4.74 Å². The van der Waals surface area contributed by atoms with E-state index < -0.39 is 0 Å². The largest absolute Gasteiger partial charge is 0.488 e. The van der Waals surface area contributed by atoms with Crippen molar-refractivity contribution < 1.29 is 9.53 Å². The molecule has 0 aliphatic heterocycles. The lowest BCUT2D eigenvalue weighted by molar-refractivity contribution is 0.0487. The minimum Gasteiger partial charge on any atom is -0.488 e. The monoisotopic (exact) mass is 218 g/mol. The van der Waals surface area contributed by atoms with E-state index in [1.165, 1.54) is 19.3 Å². The minimum absolute atomic E-state index is 0.0130. The third kappa shape index (κ3) is 2.63. The van der Waals surface area contributed by atoms with E-state index in [0.717, 1.165) is 24.9 Å². The zero-order chi connectivity index (χ0) is 11.4. The van der Waals surface area contributed by atoms with Crippen LogP contribution in [0.2, 0.25) is 0 Å². The molecule has 0 spiro atoms. The molecule has 0 radical (unpaired) electrons. The van der Waals surface area contributed by atoms with Gasteiger partial charge in [0.1, 0.15) is 17.6 Å². The van der Waals surface area contributed by atoms with Gasteiger partial charge in [-0.1, -0.05) is 6.42 Å². The predicted molar refractivity (Wildman–Crippen MR) is 63.9 cm³/mol. The van der Waals surface area contributed by atoms with Gasteiger partial charge in [-0.25, -0.2) is 0 Å². The highest BCUT2D eigenvalue weighted by Crippen LogP contribution is 2.32. The number of ether oxygens (including phenoxy) is 1. The molecule has 1 aliphatic carbocycles. The van der Waals surface area contributed by atoms with E-state index in [1.54, 1.807) is 12.1 Å². The second kappa shape index (κ2) is 4.69. The zero-order valence-electron chi connectivity index (χ0n) is 9.74. The van der Waals surface area contributed by atoms with Crippen molar-refractivity contribution in [3.63, 3.8) is 0 Å². The second-order valence-electron chi connectivity index (χ2n) is 4.80. The molecule has 16 heavy (non-hydrogen) atoms. The Balaban J connectivity index is 2.04. The Labute approximate surface area is 96.6 Å². The fraction of sp³-hybridized carbons (Fsp3) is 0.500. The number of benzene rings is 1. The zero-order valence-corrected chi connectivity index (χ0v) is 9.74. The first kappa shape index (κ1) is 11.2. The Morgan fingerprint density at radius 3 is 2.31 bits per heavy atom. The summed E-state index contributed by atoms with van der Waals surface area (Å²) in [5, 5.41) is 0. The predicted octanol–water partition coefficient (Wildman–Crippen LogP) is 3.60. The maximum Gasteiger partial charge on any atom is 0.150 e. The number of aldehydes is 1. The van der Waals surface area contributed by atoms with Gasteiger partial charge in [-0.3, -0.25) is 4.79 Å². The number of carbonyl (C=O) groups is 1. The molecule has 1 aromatic carbocycles. The first-order valence-electron chi connectivity index (χ1n) is 5.96. The van der Waals surface area contributed by atoms with Crippen LogP contribution in [0.1, 0.15) is 49.4 Å². The van der Waals surface area contributed by atoms with E-state index in [0.29, 0.717) is 5.56 Å². The summed E-state index contributed by atoms with van der Waals surface area (Å²) >= 11 is 0. The summed E-state index contributed by atoms with van der Waals surface area (Å²) in [4.78, 5) is 10.5. The van der Waals surface area contributed by atoms with Gasteiger partial charge >= 0.3 is 0 Å². The van der Waals surface area contributed by atoms with Crippen LogP contribution < -0.4 is 4.74 Å². The smallest absolute Gasteiger partial charge is 0.150 e. The van der Waals surface area contributed by atoms with E-state index in [9.17, 15) is 4.79 Å². The molecule has 2 heteroatoms. The number of hydrogen-bond donors (Lipinski definition) is 0. The Bertz CT molecular complexity index is 348. The lowest BCUT2D eigenvalue weighted by Gasteiger charge is -2.34. The Morgan fingerprint density at radius 1 is 1.12 bits per heavy atom. The van der Waals surface area contributed by atoms with Crippen molar-refractivity contribution in [1.82, 2.24) is 0 Å². The van der Waals surface area contributed by atoms with Crippen LogP contribution in [0, 0.1) is 0 Å². The van der Waals surface area contributed by atoms with E-state index in [1.807, 2.05) is 12.1 Å². The van der Waals surface area contributed by atoms with Gasteiger partial charge in [-0.15, -0.1) is 0 Å². The summed E-state index contributed by atoms with van der Waals surface area (Å²) in [5.74, 6) is 0.870. The average molecular weight is 218 g/mol. The molecule has 1 saturated carbocycles. The van der Waals surface area contributed by atoms with Crippen LogP contribution in [0.25, 0.3) is 0 Å². The average Bonchev–Trinajstić information content (AvgIpc) is 2.30. The summed E-state index contributed by atoms with van der Waals surface area (Å²) in [5.41, 5.74) is 0.683. The summed E-state index contributed by atoms with van der Waals surface area (Å²) < 4.78 is 6.03. The topological polar surface area (TPSA) is 26.3 Å². The quantitative estimate of drug-likeness (QED) is 0.724. The molecular formula is C14H18O2. The molecule has 0 unspecified atom stereocenters.